The standard InChI is InChI=1S/C10H9N3O2/c1-6-5-11-4-3-8(6)9-12-10(7(2)14)15-13-9/h3-5H,1-2H3. The molecule has 5 nitrogen and oxygen atoms in total. The molecule has 0 fully saturated rings. The number of ketones is 1. The zero-order chi connectivity index (χ0) is 10.8. The second-order valence-corrected chi connectivity index (χ2v) is 3.17. The Morgan fingerprint density at radius 3 is 2.87 bits per heavy atom. The zero-order valence-corrected chi connectivity index (χ0v) is 8.39. The smallest absolute Gasteiger partial charge is 0.294 e. The molecule has 0 radical (unpaired) electrons. The number of carbonyl (C=O) groups is 1. The molecular formula is C10H9N3O2. The van der Waals surface area contributed by atoms with E-state index in [1.807, 2.05) is 6.92 Å². The molecule has 0 aliphatic rings. The van der Waals surface area contributed by atoms with Gasteiger partial charge in [-0.15, -0.1) is 0 Å². The fourth-order valence-corrected chi connectivity index (χ4v) is 1.20. The van der Waals surface area contributed by atoms with Gasteiger partial charge in [0.25, 0.3) is 5.89 Å². The lowest BCUT2D eigenvalue weighted by Crippen LogP contribution is -1.92. The maximum Gasteiger partial charge on any atom is 0.294 e. The van der Waals surface area contributed by atoms with Crippen LogP contribution in [0.1, 0.15) is 23.2 Å². The number of hydrogen-bond donors (Lipinski definition) is 0. The highest BCUT2D eigenvalue weighted by Crippen LogP contribution is 2.18. The van der Waals surface area contributed by atoms with Crippen LogP contribution in [0.5, 0.6) is 0 Å². The maximum atomic E-state index is 11.0. The molecule has 2 rings (SSSR count). The van der Waals surface area contributed by atoms with E-state index in [9.17, 15) is 4.79 Å². The van der Waals surface area contributed by atoms with E-state index < -0.39 is 0 Å². The molecular weight excluding hydrogens is 194 g/mol. The summed E-state index contributed by atoms with van der Waals surface area (Å²) in [6.07, 6.45) is 3.35. The lowest BCUT2D eigenvalue weighted by atomic mass is 10.1. The van der Waals surface area contributed by atoms with E-state index in [0.29, 0.717) is 5.82 Å². The van der Waals surface area contributed by atoms with Crippen molar-refractivity contribution in [1.82, 2.24) is 15.1 Å². The third-order valence-corrected chi connectivity index (χ3v) is 1.99. The number of rotatable bonds is 2. The summed E-state index contributed by atoms with van der Waals surface area (Å²) in [4.78, 5) is 18.9. The summed E-state index contributed by atoms with van der Waals surface area (Å²) >= 11 is 0. The van der Waals surface area contributed by atoms with Crippen molar-refractivity contribution in [3.63, 3.8) is 0 Å². The zero-order valence-electron chi connectivity index (χ0n) is 8.39. The molecule has 0 unspecified atom stereocenters. The van der Waals surface area contributed by atoms with Crippen molar-refractivity contribution in [3.8, 4) is 11.4 Å². The predicted octanol–water partition coefficient (Wildman–Crippen LogP) is 1.64. The summed E-state index contributed by atoms with van der Waals surface area (Å²) < 4.78 is 4.80. The third-order valence-electron chi connectivity index (χ3n) is 1.99. The number of hydrogen-bond acceptors (Lipinski definition) is 5. The Labute approximate surface area is 86.1 Å². The summed E-state index contributed by atoms with van der Waals surface area (Å²) in [6.45, 7) is 3.28. The Bertz CT molecular complexity index is 505. The van der Waals surface area contributed by atoms with Gasteiger partial charge in [-0.2, -0.15) is 4.98 Å². The second kappa shape index (κ2) is 3.61. The summed E-state index contributed by atoms with van der Waals surface area (Å²) in [7, 11) is 0. The number of pyridine rings is 1. The molecule has 0 aromatic carbocycles. The Hall–Kier alpha value is -2.04. The van der Waals surface area contributed by atoms with Crippen LogP contribution in [0.25, 0.3) is 11.4 Å². The summed E-state index contributed by atoms with van der Waals surface area (Å²) in [5, 5.41) is 3.73. The highest BCUT2D eigenvalue weighted by atomic mass is 16.5. The molecule has 0 atom stereocenters. The van der Waals surface area contributed by atoms with Crippen LogP contribution in [0.15, 0.2) is 23.0 Å². The van der Waals surface area contributed by atoms with Gasteiger partial charge in [0.2, 0.25) is 11.6 Å². The van der Waals surface area contributed by atoms with Crippen molar-refractivity contribution in [3.05, 3.63) is 29.9 Å². The first-order chi connectivity index (χ1) is 7.18. The molecule has 0 spiro atoms. The number of aryl methyl sites for hydroxylation is 1. The minimum absolute atomic E-state index is 0.0289. The van der Waals surface area contributed by atoms with Crippen molar-refractivity contribution in [2.24, 2.45) is 0 Å². The average Bonchev–Trinajstić information content (AvgIpc) is 2.67. The molecule has 2 aromatic heterocycles. The SMILES string of the molecule is CC(=O)c1nc(-c2ccncc2C)no1. The van der Waals surface area contributed by atoms with Crippen LogP contribution in [-0.2, 0) is 0 Å². The highest BCUT2D eigenvalue weighted by Gasteiger charge is 2.13. The average molecular weight is 203 g/mol. The van der Waals surface area contributed by atoms with Crippen LogP contribution in [0.2, 0.25) is 0 Å². The predicted molar refractivity (Wildman–Crippen MR) is 52.3 cm³/mol. The third kappa shape index (κ3) is 1.76. The van der Waals surface area contributed by atoms with E-state index in [1.54, 1.807) is 18.5 Å². The first-order valence-corrected chi connectivity index (χ1v) is 4.44. The lowest BCUT2D eigenvalue weighted by molar-refractivity contribution is 0.0972. The molecule has 2 heterocycles. The van der Waals surface area contributed by atoms with Crippen molar-refractivity contribution in [2.45, 2.75) is 13.8 Å². The van der Waals surface area contributed by atoms with Gasteiger partial charge in [-0.1, -0.05) is 5.16 Å². The summed E-state index contributed by atoms with van der Waals surface area (Å²) in [5.74, 6) is 0.210. The highest BCUT2D eigenvalue weighted by molar-refractivity contribution is 5.89. The van der Waals surface area contributed by atoms with E-state index >= 15 is 0 Å². The van der Waals surface area contributed by atoms with Gasteiger partial charge in [0.15, 0.2) is 0 Å². The summed E-state index contributed by atoms with van der Waals surface area (Å²) in [6, 6.07) is 1.78. The fraction of sp³-hybridized carbons (Fsp3) is 0.200. The molecule has 76 valence electrons. The topological polar surface area (TPSA) is 68.9 Å². The van der Waals surface area contributed by atoms with E-state index in [-0.39, 0.29) is 11.7 Å². The second-order valence-electron chi connectivity index (χ2n) is 3.17. The molecule has 0 N–H and O–H groups in total. The number of carbonyl (C=O) groups excluding carboxylic acids is 1. The van der Waals surface area contributed by atoms with E-state index in [1.165, 1.54) is 6.92 Å². The first-order valence-electron chi connectivity index (χ1n) is 4.44. The lowest BCUT2D eigenvalue weighted by Gasteiger charge is -1.96. The van der Waals surface area contributed by atoms with Crippen LogP contribution >= 0.6 is 0 Å². The van der Waals surface area contributed by atoms with Crippen molar-refractivity contribution < 1.29 is 9.32 Å². The normalized spacial score (nSPS) is 10.3. The van der Waals surface area contributed by atoms with E-state index in [4.69, 9.17) is 4.52 Å². The van der Waals surface area contributed by atoms with Gasteiger partial charge in [-0.3, -0.25) is 9.78 Å². The molecule has 15 heavy (non-hydrogen) atoms. The molecule has 0 amide bonds. The fourth-order valence-electron chi connectivity index (χ4n) is 1.20. The van der Waals surface area contributed by atoms with Gasteiger partial charge < -0.3 is 4.52 Å². The molecule has 0 bridgehead atoms. The monoisotopic (exact) mass is 203 g/mol. The van der Waals surface area contributed by atoms with Crippen molar-refractivity contribution in [1.29, 1.82) is 0 Å². The molecule has 5 heteroatoms. The number of Topliss-reactive ketones (excluding diaryl/α,β-unsaturated/α-hetero) is 1. The van der Waals surface area contributed by atoms with Crippen LogP contribution in [-0.4, -0.2) is 20.9 Å². The van der Waals surface area contributed by atoms with Gasteiger partial charge in [-0.05, 0) is 18.6 Å². The quantitative estimate of drug-likeness (QED) is 0.694. The minimum atomic E-state index is -0.236. The molecule has 0 aliphatic carbocycles. The van der Waals surface area contributed by atoms with Crippen LogP contribution in [0, 0.1) is 6.92 Å². The van der Waals surface area contributed by atoms with Gasteiger partial charge >= 0.3 is 0 Å². The maximum absolute atomic E-state index is 11.0. The molecule has 0 saturated heterocycles. The number of aromatic nitrogens is 3. The molecule has 0 aliphatic heterocycles. The Morgan fingerprint density at radius 1 is 1.47 bits per heavy atom. The molecule has 0 saturated carbocycles. The largest absolute Gasteiger partial charge is 0.330 e. The summed E-state index contributed by atoms with van der Waals surface area (Å²) in [5.41, 5.74) is 1.76. The van der Waals surface area contributed by atoms with Gasteiger partial charge in [-0.25, -0.2) is 0 Å². The Balaban J connectivity index is 2.46. The van der Waals surface area contributed by atoms with Gasteiger partial charge in [0.1, 0.15) is 0 Å². The van der Waals surface area contributed by atoms with Gasteiger partial charge in [0, 0.05) is 24.9 Å². The van der Waals surface area contributed by atoms with Crippen LogP contribution in [0.4, 0.5) is 0 Å². The first kappa shape index (κ1) is 9.51. The van der Waals surface area contributed by atoms with Gasteiger partial charge in [0.05, 0.1) is 0 Å². The van der Waals surface area contributed by atoms with E-state index in [0.717, 1.165) is 11.1 Å². The number of nitrogens with zero attached hydrogens (tertiary/aromatic N) is 3. The van der Waals surface area contributed by atoms with Crippen LogP contribution in [0.3, 0.4) is 0 Å². The van der Waals surface area contributed by atoms with Crippen molar-refractivity contribution >= 4 is 5.78 Å². The molecule has 2 aromatic rings. The Morgan fingerprint density at radius 2 is 2.27 bits per heavy atom. The minimum Gasteiger partial charge on any atom is -0.330 e. The van der Waals surface area contributed by atoms with E-state index in [2.05, 4.69) is 15.1 Å². The van der Waals surface area contributed by atoms with Crippen LogP contribution < -0.4 is 0 Å². The Kier molecular flexibility index (Phi) is 2.29. The van der Waals surface area contributed by atoms with Crippen molar-refractivity contribution in [2.75, 3.05) is 0 Å².